The predicted octanol–water partition coefficient (Wildman–Crippen LogP) is 3.93. The van der Waals surface area contributed by atoms with E-state index in [0.29, 0.717) is 22.9 Å². The molecular formula is C28H32N4O4. The average molecular weight is 489 g/mol. The molecule has 0 atom stereocenters. The highest BCUT2D eigenvalue weighted by atomic mass is 16.7. The number of carbonyl (C=O) groups is 1. The second-order valence-corrected chi connectivity index (χ2v) is 10.0. The van der Waals surface area contributed by atoms with E-state index in [4.69, 9.17) is 15.2 Å². The molecule has 1 amide bonds. The zero-order chi connectivity index (χ0) is 25.3. The van der Waals surface area contributed by atoms with E-state index in [1.165, 1.54) is 0 Å². The Morgan fingerprint density at radius 2 is 1.86 bits per heavy atom. The van der Waals surface area contributed by atoms with E-state index >= 15 is 0 Å². The highest BCUT2D eigenvalue weighted by Crippen LogP contribution is 2.36. The minimum absolute atomic E-state index is 0.177. The van der Waals surface area contributed by atoms with Crippen molar-refractivity contribution in [2.75, 3.05) is 30.9 Å². The van der Waals surface area contributed by atoms with Crippen LogP contribution in [-0.4, -0.2) is 46.9 Å². The Hall–Kier alpha value is -3.62. The molecule has 4 N–H and O–H groups in total. The van der Waals surface area contributed by atoms with Crippen LogP contribution in [0.1, 0.15) is 37.8 Å². The number of anilines is 2. The van der Waals surface area contributed by atoms with Gasteiger partial charge in [-0.05, 0) is 73.7 Å². The van der Waals surface area contributed by atoms with Crippen molar-refractivity contribution in [2.45, 2.75) is 44.8 Å². The summed E-state index contributed by atoms with van der Waals surface area (Å²) in [6.07, 6.45) is 5.13. The number of aromatic nitrogens is 1. The number of carbonyl (C=O) groups excluding carboxylic acids is 1. The maximum atomic E-state index is 13.4. The van der Waals surface area contributed by atoms with Crippen molar-refractivity contribution in [2.24, 2.45) is 0 Å². The molecule has 1 saturated heterocycles. The number of nitrogens with one attached hydrogen (secondary N) is 1. The maximum Gasteiger partial charge on any atom is 0.234 e. The van der Waals surface area contributed by atoms with E-state index in [0.717, 1.165) is 54.7 Å². The molecular weight excluding hydrogens is 456 g/mol. The summed E-state index contributed by atoms with van der Waals surface area (Å²) in [5.41, 5.74) is 10.4. The standard InChI is InChI=1S/C28H32N4O4/c1-28(2,27(34)31-21-4-6-25-26(13-21)36-17-35-25)23-12-19(3-5-24(23)29)20-11-18(14-30-15-20)16-32-9-7-22(33)8-10-32/h3-6,11-15,22,33H,7-10,16-17,29H2,1-2H3,(H,31,34). The van der Waals surface area contributed by atoms with Gasteiger partial charge in [-0.2, -0.15) is 0 Å². The van der Waals surface area contributed by atoms with E-state index in [2.05, 4.69) is 21.3 Å². The van der Waals surface area contributed by atoms with E-state index in [1.54, 1.807) is 18.2 Å². The zero-order valence-electron chi connectivity index (χ0n) is 20.7. The van der Waals surface area contributed by atoms with Crippen LogP contribution in [0.15, 0.2) is 54.9 Å². The Balaban J connectivity index is 1.35. The van der Waals surface area contributed by atoms with Crippen LogP contribution in [-0.2, 0) is 16.8 Å². The number of ether oxygens (including phenoxy) is 2. The van der Waals surface area contributed by atoms with Crippen molar-refractivity contribution >= 4 is 17.3 Å². The van der Waals surface area contributed by atoms with Gasteiger partial charge in [0.2, 0.25) is 12.7 Å². The summed E-state index contributed by atoms with van der Waals surface area (Å²) in [5, 5.41) is 12.8. The Morgan fingerprint density at radius 3 is 2.67 bits per heavy atom. The number of aliphatic hydroxyl groups excluding tert-OH is 1. The van der Waals surface area contributed by atoms with Gasteiger partial charge in [-0.1, -0.05) is 6.07 Å². The van der Waals surface area contributed by atoms with Crippen molar-refractivity contribution in [3.8, 4) is 22.6 Å². The van der Waals surface area contributed by atoms with Gasteiger partial charge in [-0.15, -0.1) is 0 Å². The summed E-state index contributed by atoms with van der Waals surface area (Å²) in [6.45, 7) is 6.46. The number of hydrogen-bond donors (Lipinski definition) is 3. The highest BCUT2D eigenvalue weighted by molar-refractivity contribution is 6.00. The van der Waals surface area contributed by atoms with Gasteiger partial charge in [-0.3, -0.25) is 14.7 Å². The molecule has 0 aliphatic carbocycles. The first kappa shape index (κ1) is 24.1. The van der Waals surface area contributed by atoms with Gasteiger partial charge in [0.1, 0.15) is 0 Å². The first-order valence-corrected chi connectivity index (χ1v) is 12.3. The minimum Gasteiger partial charge on any atom is -0.454 e. The molecule has 1 aromatic heterocycles. The number of nitrogen functional groups attached to an aromatic ring is 1. The number of rotatable bonds is 6. The SMILES string of the molecule is CC(C)(C(=O)Nc1ccc2c(c1)OCO2)c1cc(-c2cncc(CN3CCC(O)CC3)c2)ccc1N. The van der Waals surface area contributed by atoms with Gasteiger partial charge in [0.15, 0.2) is 11.5 Å². The second kappa shape index (κ2) is 9.79. The Kier molecular flexibility index (Phi) is 6.55. The molecule has 188 valence electrons. The Labute approximate surface area is 211 Å². The zero-order valence-corrected chi connectivity index (χ0v) is 20.7. The molecule has 1 fully saturated rings. The lowest BCUT2D eigenvalue weighted by Crippen LogP contribution is -2.35. The second-order valence-electron chi connectivity index (χ2n) is 10.0. The molecule has 3 heterocycles. The topological polar surface area (TPSA) is 110 Å². The smallest absolute Gasteiger partial charge is 0.234 e. The number of amides is 1. The number of benzene rings is 2. The Morgan fingerprint density at radius 1 is 1.08 bits per heavy atom. The molecule has 2 aliphatic rings. The van der Waals surface area contributed by atoms with Crippen LogP contribution in [0.4, 0.5) is 11.4 Å². The highest BCUT2D eigenvalue weighted by Gasteiger charge is 2.32. The van der Waals surface area contributed by atoms with Crippen LogP contribution < -0.4 is 20.5 Å². The van der Waals surface area contributed by atoms with Crippen LogP contribution >= 0.6 is 0 Å². The molecule has 0 saturated carbocycles. The van der Waals surface area contributed by atoms with E-state index in [9.17, 15) is 9.90 Å². The molecule has 8 heteroatoms. The third kappa shape index (κ3) is 5.01. The summed E-state index contributed by atoms with van der Waals surface area (Å²) in [7, 11) is 0. The average Bonchev–Trinajstić information content (AvgIpc) is 3.34. The van der Waals surface area contributed by atoms with E-state index in [1.807, 2.05) is 44.4 Å². The molecule has 0 bridgehead atoms. The van der Waals surface area contributed by atoms with Gasteiger partial charge in [0.05, 0.1) is 11.5 Å². The number of piperidine rings is 1. The molecule has 3 aromatic rings. The van der Waals surface area contributed by atoms with Crippen molar-refractivity contribution in [3.63, 3.8) is 0 Å². The van der Waals surface area contributed by atoms with Crippen LogP contribution in [0.3, 0.4) is 0 Å². The quantitative estimate of drug-likeness (QED) is 0.451. The van der Waals surface area contributed by atoms with E-state index < -0.39 is 5.41 Å². The van der Waals surface area contributed by atoms with Gasteiger partial charge in [-0.25, -0.2) is 0 Å². The largest absolute Gasteiger partial charge is 0.454 e. The van der Waals surface area contributed by atoms with Gasteiger partial charge in [0, 0.05) is 55.0 Å². The Bertz CT molecular complexity index is 1270. The first-order chi connectivity index (χ1) is 17.3. The number of pyridine rings is 1. The molecule has 0 unspecified atom stereocenters. The van der Waals surface area contributed by atoms with Crippen molar-refractivity contribution < 1.29 is 19.4 Å². The number of hydrogen-bond acceptors (Lipinski definition) is 7. The third-order valence-electron chi connectivity index (χ3n) is 7.02. The molecule has 2 aromatic carbocycles. The molecule has 5 rings (SSSR count). The summed E-state index contributed by atoms with van der Waals surface area (Å²) in [4.78, 5) is 20.2. The van der Waals surface area contributed by atoms with Crippen LogP contribution in [0.5, 0.6) is 11.5 Å². The fourth-order valence-corrected chi connectivity index (χ4v) is 4.73. The predicted molar refractivity (Wildman–Crippen MR) is 139 cm³/mol. The third-order valence-corrected chi connectivity index (χ3v) is 7.02. The molecule has 0 spiro atoms. The monoisotopic (exact) mass is 488 g/mol. The number of aliphatic hydroxyl groups is 1. The van der Waals surface area contributed by atoms with Gasteiger partial charge in [0.25, 0.3) is 0 Å². The molecule has 0 radical (unpaired) electrons. The van der Waals surface area contributed by atoms with Crippen LogP contribution in [0.25, 0.3) is 11.1 Å². The number of nitrogens with two attached hydrogens (primary N) is 1. The minimum atomic E-state index is -0.893. The lowest BCUT2D eigenvalue weighted by molar-refractivity contribution is -0.120. The molecule has 2 aliphatic heterocycles. The fourth-order valence-electron chi connectivity index (χ4n) is 4.73. The van der Waals surface area contributed by atoms with Gasteiger partial charge < -0.3 is 25.6 Å². The number of nitrogens with zero attached hydrogens (tertiary/aromatic N) is 2. The van der Waals surface area contributed by atoms with Crippen molar-refractivity contribution in [3.05, 3.63) is 66.0 Å². The van der Waals surface area contributed by atoms with Gasteiger partial charge >= 0.3 is 0 Å². The number of fused-ring (bicyclic) bond motifs is 1. The van der Waals surface area contributed by atoms with Crippen molar-refractivity contribution in [1.82, 2.24) is 9.88 Å². The van der Waals surface area contributed by atoms with Crippen LogP contribution in [0.2, 0.25) is 0 Å². The lowest BCUT2D eigenvalue weighted by atomic mass is 9.81. The van der Waals surface area contributed by atoms with E-state index in [-0.39, 0.29) is 18.8 Å². The summed E-state index contributed by atoms with van der Waals surface area (Å²) in [5.74, 6) is 1.10. The number of likely N-dealkylation sites (tertiary alicyclic amines) is 1. The normalized spacial score (nSPS) is 16.2. The summed E-state index contributed by atoms with van der Waals surface area (Å²) in [6, 6.07) is 13.3. The molecule has 36 heavy (non-hydrogen) atoms. The maximum absolute atomic E-state index is 13.4. The first-order valence-electron chi connectivity index (χ1n) is 12.3. The lowest BCUT2D eigenvalue weighted by Gasteiger charge is -2.29. The van der Waals surface area contributed by atoms with Crippen molar-refractivity contribution in [1.29, 1.82) is 0 Å². The summed E-state index contributed by atoms with van der Waals surface area (Å²) >= 11 is 0. The fraction of sp³-hybridized carbons (Fsp3) is 0.357. The summed E-state index contributed by atoms with van der Waals surface area (Å²) < 4.78 is 10.8. The van der Waals surface area contributed by atoms with Crippen LogP contribution in [0, 0.1) is 0 Å². The molecule has 8 nitrogen and oxygen atoms in total.